The molecule has 210 valence electrons. The zero-order valence-corrected chi connectivity index (χ0v) is 28.4. The van der Waals surface area contributed by atoms with Crippen LogP contribution in [0.25, 0.3) is 0 Å². The van der Waals surface area contributed by atoms with E-state index >= 15 is 0 Å². The van der Waals surface area contributed by atoms with Crippen molar-refractivity contribution in [3.8, 4) is 23.3 Å². The van der Waals surface area contributed by atoms with Crippen LogP contribution in [0.3, 0.4) is 0 Å². The largest absolute Gasteiger partial charge is 0.404 e. The summed E-state index contributed by atoms with van der Waals surface area (Å²) in [5, 5.41) is 2.64. The molecule has 0 saturated carbocycles. The van der Waals surface area contributed by atoms with Crippen molar-refractivity contribution < 1.29 is 4.43 Å². The van der Waals surface area contributed by atoms with E-state index in [2.05, 4.69) is 158 Å². The van der Waals surface area contributed by atoms with Crippen molar-refractivity contribution in [3.63, 3.8) is 0 Å². The molecular formula is C37H48OSi2. The van der Waals surface area contributed by atoms with Gasteiger partial charge in [0.25, 0.3) is 8.32 Å². The van der Waals surface area contributed by atoms with Gasteiger partial charge in [-0.05, 0) is 59.2 Å². The summed E-state index contributed by atoms with van der Waals surface area (Å²) in [4.78, 5) is 0. The monoisotopic (exact) mass is 564 g/mol. The molecule has 3 heteroatoms. The van der Waals surface area contributed by atoms with Crippen LogP contribution in [0.15, 0.2) is 95.6 Å². The Morgan fingerprint density at radius 1 is 0.950 bits per heavy atom. The van der Waals surface area contributed by atoms with Crippen molar-refractivity contribution in [3.05, 3.63) is 95.6 Å². The third-order valence-corrected chi connectivity index (χ3v) is 13.5. The fourth-order valence-electron chi connectivity index (χ4n) is 5.77. The summed E-state index contributed by atoms with van der Waals surface area (Å²) in [7, 11) is -3.95. The standard InChI is InChI=1S/C37H48OSi2/c1-30(20-14-13-19-27-39(8,9)10)25-26-35-31(2)28-32(29-37(35,6)7)38-40(36(3,4)5,33-21-15-11-16-22-33)34-23-17-12-18-24-34/h11-18,20-24,32H,28-29H2,1-10H3/b14-13+,30-20+/t32-/m1/s1. The Morgan fingerprint density at radius 3 is 1.98 bits per heavy atom. The Hall–Kier alpha value is -2.83. The van der Waals surface area contributed by atoms with Crippen LogP contribution in [-0.4, -0.2) is 22.5 Å². The highest BCUT2D eigenvalue weighted by atomic mass is 28.4. The fourth-order valence-corrected chi connectivity index (χ4v) is 11.0. The van der Waals surface area contributed by atoms with E-state index < -0.39 is 16.4 Å². The predicted molar refractivity (Wildman–Crippen MR) is 180 cm³/mol. The van der Waals surface area contributed by atoms with E-state index in [1.165, 1.54) is 21.5 Å². The van der Waals surface area contributed by atoms with Gasteiger partial charge in [-0.3, -0.25) is 0 Å². The summed E-state index contributed by atoms with van der Waals surface area (Å²) < 4.78 is 7.52. The van der Waals surface area contributed by atoms with E-state index in [1.807, 2.05) is 12.2 Å². The van der Waals surface area contributed by atoms with Crippen molar-refractivity contribution in [2.24, 2.45) is 5.41 Å². The smallest absolute Gasteiger partial charge is 0.261 e. The molecule has 0 unspecified atom stereocenters. The molecule has 0 aromatic heterocycles. The van der Waals surface area contributed by atoms with Crippen LogP contribution >= 0.6 is 0 Å². The number of rotatable bonds is 5. The topological polar surface area (TPSA) is 9.23 Å². The van der Waals surface area contributed by atoms with Crippen LogP contribution in [0.5, 0.6) is 0 Å². The minimum absolute atomic E-state index is 0.0353. The molecule has 1 atom stereocenters. The minimum Gasteiger partial charge on any atom is -0.404 e. The first-order valence-electron chi connectivity index (χ1n) is 14.5. The van der Waals surface area contributed by atoms with Gasteiger partial charge in [0.15, 0.2) is 0 Å². The molecule has 0 fully saturated rings. The highest BCUT2D eigenvalue weighted by Crippen LogP contribution is 2.44. The molecule has 0 amide bonds. The van der Waals surface area contributed by atoms with E-state index in [9.17, 15) is 0 Å². The zero-order chi connectivity index (χ0) is 29.6. The van der Waals surface area contributed by atoms with Gasteiger partial charge in [0.1, 0.15) is 8.07 Å². The van der Waals surface area contributed by atoms with E-state index in [0.717, 1.165) is 18.4 Å². The van der Waals surface area contributed by atoms with E-state index in [0.29, 0.717) is 0 Å². The Balaban J connectivity index is 1.94. The number of hydrogen-bond acceptors (Lipinski definition) is 1. The summed E-state index contributed by atoms with van der Waals surface area (Å²) in [6.07, 6.45) is 8.01. The lowest BCUT2D eigenvalue weighted by molar-refractivity contribution is 0.129. The molecule has 0 aliphatic heterocycles. The maximum Gasteiger partial charge on any atom is 0.261 e. The van der Waals surface area contributed by atoms with Crippen molar-refractivity contribution in [1.29, 1.82) is 0 Å². The van der Waals surface area contributed by atoms with E-state index in [-0.39, 0.29) is 16.6 Å². The van der Waals surface area contributed by atoms with Crippen molar-refractivity contribution in [1.82, 2.24) is 0 Å². The average Bonchev–Trinajstić information content (AvgIpc) is 2.85. The number of hydrogen-bond donors (Lipinski definition) is 0. The molecule has 0 N–H and O–H groups in total. The fraction of sp³-hybridized carbons (Fsp3) is 0.405. The predicted octanol–water partition coefficient (Wildman–Crippen LogP) is 8.45. The van der Waals surface area contributed by atoms with Gasteiger partial charge in [-0.25, -0.2) is 0 Å². The molecule has 0 radical (unpaired) electrons. The molecule has 0 bridgehead atoms. The maximum atomic E-state index is 7.52. The van der Waals surface area contributed by atoms with Gasteiger partial charge in [-0.1, -0.05) is 150 Å². The Labute approximate surface area is 247 Å². The molecule has 0 heterocycles. The van der Waals surface area contributed by atoms with Gasteiger partial charge in [0.05, 0.1) is 6.10 Å². The van der Waals surface area contributed by atoms with Crippen molar-refractivity contribution in [2.75, 3.05) is 0 Å². The first kappa shape index (κ1) is 31.7. The summed E-state index contributed by atoms with van der Waals surface area (Å²) in [5.74, 6) is 10.2. The average molecular weight is 565 g/mol. The van der Waals surface area contributed by atoms with Crippen molar-refractivity contribution in [2.45, 2.75) is 92.1 Å². The normalized spacial score (nSPS) is 18.1. The van der Waals surface area contributed by atoms with Gasteiger partial charge in [-0.2, -0.15) is 0 Å². The molecule has 2 aromatic carbocycles. The lowest BCUT2D eigenvalue weighted by Gasteiger charge is -2.47. The van der Waals surface area contributed by atoms with Crippen LogP contribution in [0.1, 0.15) is 61.3 Å². The van der Waals surface area contributed by atoms with Gasteiger partial charge >= 0.3 is 0 Å². The van der Waals surface area contributed by atoms with E-state index in [1.54, 1.807) is 0 Å². The van der Waals surface area contributed by atoms with Crippen LogP contribution in [0, 0.1) is 28.7 Å². The lowest BCUT2D eigenvalue weighted by Crippen LogP contribution is -2.68. The van der Waals surface area contributed by atoms with Crippen LogP contribution in [-0.2, 0) is 4.43 Å². The second-order valence-electron chi connectivity index (χ2n) is 13.8. The van der Waals surface area contributed by atoms with Gasteiger partial charge < -0.3 is 4.43 Å². The maximum absolute atomic E-state index is 7.52. The molecular weight excluding hydrogens is 517 g/mol. The first-order chi connectivity index (χ1) is 18.7. The van der Waals surface area contributed by atoms with Crippen LogP contribution in [0.2, 0.25) is 24.7 Å². The number of benzene rings is 2. The quantitative estimate of drug-likeness (QED) is 0.201. The second-order valence-corrected chi connectivity index (χ2v) is 22.8. The van der Waals surface area contributed by atoms with Gasteiger partial charge in [0.2, 0.25) is 0 Å². The van der Waals surface area contributed by atoms with Crippen molar-refractivity contribution >= 4 is 26.8 Å². The van der Waals surface area contributed by atoms with Crippen LogP contribution < -0.4 is 10.4 Å². The molecule has 1 aliphatic carbocycles. The second kappa shape index (κ2) is 12.8. The number of allylic oxidation sites excluding steroid dienone is 5. The summed E-state index contributed by atoms with van der Waals surface area (Å²) in [6, 6.07) is 21.9. The Bertz CT molecular complexity index is 1330. The molecule has 0 saturated heterocycles. The van der Waals surface area contributed by atoms with E-state index in [4.69, 9.17) is 4.43 Å². The summed E-state index contributed by atoms with van der Waals surface area (Å²) in [6.45, 7) is 22.8. The highest BCUT2D eigenvalue weighted by molar-refractivity contribution is 6.99. The zero-order valence-electron chi connectivity index (χ0n) is 26.4. The molecule has 1 aliphatic rings. The van der Waals surface area contributed by atoms with Gasteiger partial charge in [0, 0.05) is 5.57 Å². The SMILES string of the molecule is CC1=C(C#C/C(C)=C/C=C/C#C[Si](C)(C)C)C(C)(C)C[C@H](O[Si](c2ccccc2)(c2ccccc2)C(C)(C)C)C1. The highest BCUT2D eigenvalue weighted by Gasteiger charge is 2.52. The first-order valence-corrected chi connectivity index (χ1v) is 19.9. The molecule has 3 rings (SSSR count). The Morgan fingerprint density at radius 2 is 1.50 bits per heavy atom. The summed E-state index contributed by atoms with van der Waals surface area (Å²) >= 11 is 0. The molecule has 1 nitrogen and oxygen atoms in total. The molecule has 2 aromatic rings. The molecule has 0 spiro atoms. The van der Waals surface area contributed by atoms with Crippen LogP contribution in [0.4, 0.5) is 0 Å². The Kier molecular flexibility index (Phi) is 10.1. The molecule has 40 heavy (non-hydrogen) atoms. The third-order valence-electron chi connectivity index (χ3n) is 7.49. The lowest BCUT2D eigenvalue weighted by atomic mass is 9.72. The summed E-state index contributed by atoms with van der Waals surface area (Å²) in [5.41, 5.74) is 6.95. The minimum atomic E-state index is -2.61. The third kappa shape index (κ3) is 7.89. The van der Waals surface area contributed by atoms with Gasteiger partial charge in [-0.15, -0.1) is 5.54 Å².